The monoisotopic (exact) mass is 522 g/mol. The highest BCUT2D eigenvalue weighted by Gasteiger charge is 2.49. The van der Waals surface area contributed by atoms with E-state index in [2.05, 4.69) is 45.5 Å². The first-order chi connectivity index (χ1) is 17.4. The van der Waals surface area contributed by atoms with E-state index in [1.807, 2.05) is 48.9 Å². The molecule has 0 amide bonds. The zero-order valence-electron chi connectivity index (χ0n) is 20.5. The van der Waals surface area contributed by atoms with Crippen LogP contribution in [0.25, 0.3) is 0 Å². The molecule has 186 valence electrons. The molecule has 8 heteroatoms. The number of methoxy groups -OCH3 is 1. The smallest absolute Gasteiger partial charge is 0.137 e. The van der Waals surface area contributed by atoms with Gasteiger partial charge in [-0.25, -0.2) is 4.98 Å². The summed E-state index contributed by atoms with van der Waals surface area (Å²) in [6.45, 7) is 5.18. The molecule has 6 nitrogen and oxygen atoms in total. The molecule has 1 saturated heterocycles. The number of benzene rings is 3. The first kappa shape index (κ1) is 24.8. The number of hydrogen-bond donors (Lipinski definition) is 0. The van der Waals surface area contributed by atoms with E-state index in [1.54, 1.807) is 19.8 Å². The van der Waals surface area contributed by atoms with Crippen molar-refractivity contribution in [3.63, 3.8) is 0 Å². The van der Waals surface area contributed by atoms with Gasteiger partial charge >= 0.3 is 0 Å². The van der Waals surface area contributed by atoms with Crippen molar-refractivity contribution in [2.75, 3.05) is 7.11 Å². The third-order valence-corrected chi connectivity index (χ3v) is 7.72. The minimum absolute atomic E-state index is 0.163. The first-order valence-electron chi connectivity index (χ1n) is 11.8. The Morgan fingerprint density at radius 1 is 1.00 bits per heavy atom. The van der Waals surface area contributed by atoms with Crippen molar-refractivity contribution in [3.8, 4) is 5.75 Å². The van der Waals surface area contributed by atoms with E-state index in [1.165, 1.54) is 0 Å². The molecule has 0 N–H and O–H groups in total. The largest absolute Gasteiger partial charge is 0.497 e. The maximum absolute atomic E-state index is 6.75. The molecule has 0 bridgehead atoms. The quantitative estimate of drug-likeness (QED) is 0.270. The molecular formula is C28H28Cl2N4O2. The molecule has 2 atom stereocenters. The van der Waals surface area contributed by atoms with Crippen LogP contribution in [-0.2, 0) is 23.5 Å². The number of rotatable bonds is 7. The Morgan fingerprint density at radius 2 is 1.72 bits per heavy atom. The fourth-order valence-corrected chi connectivity index (χ4v) is 5.11. The summed E-state index contributed by atoms with van der Waals surface area (Å²) in [5.74, 6) is 0.812. The highest BCUT2D eigenvalue weighted by atomic mass is 35.5. The molecule has 2 heterocycles. The van der Waals surface area contributed by atoms with Crippen molar-refractivity contribution in [1.29, 1.82) is 0 Å². The van der Waals surface area contributed by atoms with Crippen LogP contribution >= 0.6 is 23.2 Å². The number of aromatic nitrogens is 3. The molecule has 4 aromatic rings. The fraction of sp³-hybridized carbons (Fsp3) is 0.286. The van der Waals surface area contributed by atoms with Gasteiger partial charge in [-0.1, -0.05) is 59.6 Å². The molecule has 0 aliphatic carbocycles. The van der Waals surface area contributed by atoms with Crippen molar-refractivity contribution in [3.05, 3.63) is 111 Å². The third kappa shape index (κ3) is 4.87. The SMILES string of the molecule is COc1ccc(C2CC(Cn3cncn3)(c3ccc(Cl)c(C)c3)N(Cc3ccc(Cl)c(C)c3)O2)cc1. The van der Waals surface area contributed by atoms with E-state index in [0.717, 1.165) is 43.6 Å². The zero-order chi connectivity index (χ0) is 25.3. The van der Waals surface area contributed by atoms with Crippen LogP contribution < -0.4 is 4.74 Å². The van der Waals surface area contributed by atoms with E-state index in [4.69, 9.17) is 32.8 Å². The van der Waals surface area contributed by atoms with Crippen LogP contribution in [0.1, 0.15) is 40.3 Å². The van der Waals surface area contributed by atoms with Gasteiger partial charge in [-0.3, -0.25) is 9.52 Å². The van der Waals surface area contributed by atoms with Crippen molar-refractivity contribution in [2.24, 2.45) is 0 Å². The molecule has 1 aliphatic heterocycles. The molecule has 0 saturated carbocycles. The summed E-state index contributed by atoms with van der Waals surface area (Å²) >= 11 is 12.7. The molecule has 0 radical (unpaired) electrons. The lowest BCUT2D eigenvalue weighted by atomic mass is 9.82. The normalized spacial score (nSPS) is 20.1. The molecule has 36 heavy (non-hydrogen) atoms. The molecule has 3 aromatic carbocycles. The third-order valence-electron chi connectivity index (χ3n) is 6.88. The predicted octanol–water partition coefficient (Wildman–Crippen LogP) is 6.68. The summed E-state index contributed by atoms with van der Waals surface area (Å²) in [4.78, 5) is 10.9. The predicted molar refractivity (Wildman–Crippen MR) is 141 cm³/mol. The van der Waals surface area contributed by atoms with Gasteiger partial charge < -0.3 is 4.74 Å². The van der Waals surface area contributed by atoms with Gasteiger partial charge in [-0.05, 0) is 65.9 Å². The van der Waals surface area contributed by atoms with Crippen LogP contribution in [-0.4, -0.2) is 26.9 Å². The lowest BCUT2D eigenvalue weighted by molar-refractivity contribution is -0.203. The van der Waals surface area contributed by atoms with Crippen LogP contribution in [0.4, 0.5) is 0 Å². The van der Waals surface area contributed by atoms with E-state index in [9.17, 15) is 0 Å². The second-order valence-corrected chi connectivity index (χ2v) is 10.1. The maximum Gasteiger partial charge on any atom is 0.137 e. The molecule has 0 spiro atoms. The van der Waals surface area contributed by atoms with Gasteiger partial charge in [0.2, 0.25) is 0 Å². The molecule has 1 aromatic heterocycles. The van der Waals surface area contributed by atoms with Gasteiger partial charge in [-0.15, -0.1) is 0 Å². The Kier molecular flexibility index (Phi) is 7.04. The van der Waals surface area contributed by atoms with E-state index < -0.39 is 5.54 Å². The highest BCUT2D eigenvalue weighted by Crippen LogP contribution is 2.49. The Morgan fingerprint density at radius 3 is 2.36 bits per heavy atom. The number of halogens is 2. The van der Waals surface area contributed by atoms with Crippen LogP contribution in [0.5, 0.6) is 5.75 Å². The van der Waals surface area contributed by atoms with Crippen molar-refractivity contribution < 1.29 is 9.57 Å². The van der Waals surface area contributed by atoms with Gasteiger partial charge in [0, 0.05) is 16.5 Å². The summed E-state index contributed by atoms with van der Waals surface area (Å²) in [6, 6.07) is 20.4. The fourth-order valence-electron chi connectivity index (χ4n) is 4.87. The topological polar surface area (TPSA) is 52.4 Å². The van der Waals surface area contributed by atoms with Crippen LogP contribution in [0.2, 0.25) is 10.0 Å². The number of hydroxylamine groups is 2. The number of aryl methyl sites for hydroxylation is 2. The summed E-state index contributed by atoms with van der Waals surface area (Å²) in [5.41, 5.74) is 4.83. The lowest BCUT2D eigenvalue weighted by Crippen LogP contribution is -2.43. The second-order valence-electron chi connectivity index (χ2n) is 9.28. The number of hydrogen-bond acceptors (Lipinski definition) is 5. The highest BCUT2D eigenvalue weighted by molar-refractivity contribution is 6.31. The van der Waals surface area contributed by atoms with E-state index >= 15 is 0 Å². The van der Waals surface area contributed by atoms with Crippen molar-refractivity contribution in [1.82, 2.24) is 19.8 Å². The average molecular weight is 523 g/mol. The molecule has 2 unspecified atom stereocenters. The number of ether oxygens (including phenoxy) is 1. The standard InChI is InChI=1S/C28H28Cl2N4O2/c1-19-12-21(4-10-25(19)29)15-34-28(16-33-18-31-17-32-33,23-7-11-26(30)20(2)13-23)14-27(36-34)22-5-8-24(35-3)9-6-22/h4-13,17-18,27H,14-16H2,1-3H3. The minimum Gasteiger partial charge on any atom is -0.497 e. The Bertz CT molecular complexity index is 1340. The van der Waals surface area contributed by atoms with Gasteiger partial charge in [0.05, 0.1) is 25.7 Å². The zero-order valence-corrected chi connectivity index (χ0v) is 22.0. The molecule has 1 aliphatic rings. The molecular weight excluding hydrogens is 495 g/mol. The average Bonchev–Trinajstić information content (AvgIpc) is 3.52. The maximum atomic E-state index is 6.75. The van der Waals surface area contributed by atoms with Gasteiger partial charge in [-0.2, -0.15) is 10.2 Å². The van der Waals surface area contributed by atoms with E-state index in [-0.39, 0.29) is 6.10 Å². The summed E-state index contributed by atoms with van der Waals surface area (Å²) < 4.78 is 7.23. The Labute approximate surface area is 221 Å². The Balaban J connectivity index is 1.61. The van der Waals surface area contributed by atoms with Gasteiger partial charge in [0.25, 0.3) is 0 Å². The van der Waals surface area contributed by atoms with Gasteiger partial charge in [0.15, 0.2) is 0 Å². The van der Waals surface area contributed by atoms with Crippen molar-refractivity contribution >= 4 is 23.2 Å². The second kappa shape index (κ2) is 10.2. The van der Waals surface area contributed by atoms with Crippen LogP contribution in [0.3, 0.4) is 0 Å². The van der Waals surface area contributed by atoms with Crippen LogP contribution in [0, 0.1) is 13.8 Å². The minimum atomic E-state index is -0.527. The molecule has 1 fully saturated rings. The first-order valence-corrected chi connectivity index (χ1v) is 12.6. The molecule has 5 rings (SSSR count). The summed E-state index contributed by atoms with van der Waals surface area (Å²) in [6.07, 6.45) is 3.86. The van der Waals surface area contributed by atoms with Crippen LogP contribution in [0.15, 0.2) is 73.3 Å². The van der Waals surface area contributed by atoms with Gasteiger partial charge in [0.1, 0.15) is 24.5 Å². The Hall–Kier alpha value is -2.90. The summed E-state index contributed by atoms with van der Waals surface area (Å²) in [5, 5.41) is 8.02. The number of nitrogens with zero attached hydrogens (tertiary/aromatic N) is 4. The van der Waals surface area contributed by atoms with E-state index in [0.29, 0.717) is 19.5 Å². The lowest BCUT2D eigenvalue weighted by Gasteiger charge is -2.37. The summed E-state index contributed by atoms with van der Waals surface area (Å²) in [7, 11) is 1.67. The van der Waals surface area contributed by atoms with Crippen molar-refractivity contribution in [2.45, 2.75) is 45.0 Å².